The highest BCUT2D eigenvalue weighted by Gasteiger charge is 2.12. The number of nitrogens with one attached hydrogen (secondary N) is 1. The summed E-state index contributed by atoms with van der Waals surface area (Å²) in [6.45, 7) is 6.53. The van der Waals surface area contributed by atoms with E-state index in [-0.39, 0.29) is 0 Å². The van der Waals surface area contributed by atoms with E-state index in [1.54, 1.807) is 6.20 Å². The molecular formula is C11H16BrClN2. The van der Waals surface area contributed by atoms with Crippen LogP contribution in [0.25, 0.3) is 0 Å². The molecule has 0 aromatic carbocycles. The summed E-state index contributed by atoms with van der Waals surface area (Å²) in [7, 11) is 0. The van der Waals surface area contributed by atoms with Crippen LogP contribution in [0.15, 0.2) is 16.7 Å². The zero-order chi connectivity index (χ0) is 11.4. The molecule has 15 heavy (non-hydrogen) atoms. The van der Waals surface area contributed by atoms with Crippen molar-refractivity contribution in [1.82, 2.24) is 4.98 Å². The molecule has 84 valence electrons. The van der Waals surface area contributed by atoms with E-state index in [0.29, 0.717) is 17.0 Å². The van der Waals surface area contributed by atoms with Gasteiger partial charge in [0, 0.05) is 16.7 Å². The lowest BCUT2D eigenvalue weighted by Gasteiger charge is -2.21. The first kappa shape index (κ1) is 12.8. The number of anilines is 1. The average molecular weight is 292 g/mol. The summed E-state index contributed by atoms with van der Waals surface area (Å²) in [4.78, 5) is 4.26. The van der Waals surface area contributed by atoms with E-state index in [4.69, 9.17) is 11.6 Å². The Balaban J connectivity index is 2.79. The molecular weight excluding hydrogens is 275 g/mol. The van der Waals surface area contributed by atoms with Gasteiger partial charge < -0.3 is 5.32 Å². The van der Waals surface area contributed by atoms with Crippen molar-refractivity contribution in [2.75, 3.05) is 5.32 Å². The Morgan fingerprint density at radius 3 is 2.67 bits per heavy atom. The van der Waals surface area contributed by atoms with Gasteiger partial charge in [0.15, 0.2) is 0 Å². The Bertz CT molecular complexity index is 328. The van der Waals surface area contributed by atoms with E-state index in [1.165, 1.54) is 0 Å². The summed E-state index contributed by atoms with van der Waals surface area (Å²) in [6.07, 6.45) is 2.81. The maximum absolute atomic E-state index is 6.08. The maximum Gasteiger partial charge on any atom is 0.145 e. The van der Waals surface area contributed by atoms with Crippen molar-refractivity contribution >= 4 is 33.3 Å². The van der Waals surface area contributed by atoms with Gasteiger partial charge in [-0.3, -0.25) is 0 Å². The van der Waals surface area contributed by atoms with Crippen LogP contribution in [-0.4, -0.2) is 11.0 Å². The quantitative estimate of drug-likeness (QED) is 0.892. The molecule has 0 amide bonds. The third-order valence-electron chi connectivity index (χ3n) is 2.37. The molecule has 0 aliphatic rings. The van der Waals surface area contributed by atoms with Crippen LogP contribution in [0.4, 0.5) is 5.82 Å². The van der Waals surface area contributed by atoms with Gasteiger partial charge in [0.1, 0.15) is 5.82 Å². The summed E-state index contributed by atoms with van der Waals surface area (Å²) >= 11 is 9.41. The molecule has 2 nitrogen and oxygen atoms in total. The van der Waals surface area contributed by atoms with Crippen LogP contribution in [0, 0.1) is 5.92 Å². The van der Waals surface area contributed by atoms with Crippen molar-refractivity contribution in [3.8, 4) is 0 Å². The molecule has 1 heterocycles. The summed E-state index contributed by atoms with van der Waals surface area (Å²) in [6, 6.07) is 2.26. The molecule has 1 atom stereocenters. The summed E-state index contributed by atoms with van der Waals surface area (Å²) in [5, 5.41) is 4.02. The SMILES string of the molecule is CCC(Nc1ncc(Br)cc1Cl)C(C)C. The van der Waals surface area contributed by atoms with E-state index in [0.717, 1.165) is 16.7 Å². The molecule has 0 saturated heterocycles. The van der Waals surface area contributed by atoms with E-state index in [1.807, 2.05) is 6.07 Å². The summed E-state index contributed by atoms with van der Waals surface area (Å²) in [5.41, 5.74) is 0. The van der Waals surface area contributed by atoms with Gasteiger partial charge in [-0.05, 0) is 34.3 Å². The third-order valence-corrected chi connectivity index (χ3v) is 3.10. The van der Waals surface area contributed by atoms with Crippen molar-refractivity contribution in [1.29, 1.82) is 0 Å². The summed E-state index contributed by atoms with van der Waals surface area (Å²) in [5.74, 6) is 1.33. The number of pyridine rings is 1. The number of hydrogen-bond donors (Lipinski definition) is 1. The predicted octanol–water partition coefficient (Wildman–Crippen LogP) is 4.34. The van der Waals surface area contributed by atoms with E-state index in [9.17, 15) is 0 Å². The lowest BCUT2D eigenvalue weighted by atomic mass is 10.0. The highest BCUT2D eigenvalue weighted by atomic mass is 79.9. The highest BCUT2D eigenvalue weighted by Crippen LogP contribution is 2.24. The van der Waals surface area contributed by atoms with Crippen LogP contribution in [0.2, 0.25) is 5.02 Å². The Morgan fingerprint density at radius 2 is 2.20 bits per heavy atom. The molecule has 0 spiro atoms. The minimum absolute atomic E-state index is 0.413. The second-order valence-electron chi connectivity index (χ2n) is 3.89. The lowest BCUT2D eigenvalue weighted by molar-refractivity contribution is 0.510. The molecule has 0 saturated carbocycles. The number of aromatic nitrogens is 1. The fraction of sp³-hybridized carbons (Fsp3) is 0.545. The molecule has 4 heteroatoms. The van der Waals surface area contributed by atoms with Gasteiger partial charge in [-0.15, -0.1) is 0 Å². The zero-order valence-corrected chi connectivity index (χ0v) is 11.6. The third kappa shape index (κ3) is 3.65. The fourth-order valence-electron chi connectivity index (χ4n) is 1.44. The van der Waals surface area contributed by atoms with E-state index >= 15 is 0 Å². The fourth-order valence-corrected chi connectivity index (χ4v) is 2.12. The van der Waals surface area contributed by atoms with Crippen molar-refractivity contribution in [3.63, 3.8) is 0 Å². The lowest BCUT2D eigenvalue weighted by Crippen LogP contribution is -2.25. The van der Waals surface area contributed by atoms with Crippen molar-refractivity contribution in [2.24, 2.45) is 5.92 Å². The van der Waals surface area contributed by atoms with Crippen molar-refractivity contribution in [2.45, 2.75) is 33.2 Å². The normalized spacial score (nSPS) is 12.9. The Morgan fingerprint density at radius 1 is 1.53 bits per heavy atom. The zero-order valence-electron chi connectivity index (χ0n) is 9.22. The molecule has 1 N–H and O–H groups in total. The minimum Gasteiger partial charge on any atom is -0.366 e. The Hall–Kier alpha value is -0.280. The Kier molecular flexibility index (Phi) is 4.87. The first-order chi connectivity index (χ1) is 7.04. The molecule has 1 rings (SSSR count). The molecule has 1 aromatic heterocycles. The molecule has 1 unspecified atom stereocenters. The molecule has 0 radical (unpaired) electrons. The van der Waals surface area contributed by atoms with Crippen LogP contribution in [0.3, 0.4) is 0 Å². The van der Waals surface area contributed by atoms with Crippen LogP contribution in [-0.2, 0) is 0 Å². The van der Waals surface area contributed by atoms with Gasteiger partial charge in [0.2, 0.25) is 0 Å². The monoisotopic (exact) mass is 290 g/mol. The highest BCUT2D eigenvalue weighted by molar-refractivity contribution is 9.10. The summed E-state index contributed by atoms with van der Waals surface area (Å²) < 4.78 is 0.899. The largest absolute Gasteiger partial charge is 0.366 e. The number of hydrogen-bond acceptors (Lipinski definition) is 2. The van der Waals surface area contributed by atoms with Crippen LogP contribution in [0.5, 0.6) is 0 Å². The van der Waals surface area contributed by atoms with Gasteiger partial charge >= 0.3 is 0 Å². The van der Waals surface area contributed by atoms with Gasteiger partial charge in [-0.1, -0.05) is 32.4 Å². The van der Waals surface area contributed by atoms with Crippen molar-refractivity contribution in [3.05, 3.63) is 21.8 Å². The van der Waals surface area contributed by atoms with Gasteiger partial charge in [-0.25, -0.2) is 4.98 Å². The smallest absolute Gasteiger partial charge is 0.145 e. The van der Waals surface area contributed by atoms with E-state index < -0.39 is 0 Å². The van der Waals surface area contributed by atoms with Crippen molar-refractivity contribution < 1.29 is 0 Å². The van der Waals surface area contributed by atoms with Gasteiger partial charge in [-0.2, -0.15) is 0 Å². The van der Waals surface area contributed by atoms with Crippen LogP contribution < -0.4 is 5.32 Å². The average Bonchev–Trinajstić information content (AvgIpc) is 2.16. The van der Waals surface area contributed by atoms with E-state index in [2.05, 4.69) is 47.0 Å². The molecule has 0 fully saturated rings. The molecule has 0 bridgehead atoms. The molecule has 0 aliphatic heterocycles. The molecule has 0 aliphatic carbocycles. The number of nitrogens with zero attached hydrogens (tertiary/aromatic N) is 1. The second-order valence-corrected chi connectivity index (χ2v) is 5.21. The first-order valence-electron chi connectivity index (χ1n) is 5.12. The van der Waals surface area contributed by atoms with Gasteiger partial charge in [0.25, 0.3) is 0 Å². The Labute approximate surface area is 105 Å². The topological polar surface area (TPSA) is 24.9 Å². The predicted molar refractivity (Wildman–Crippen MR) is 69.5 cm³/mol. The van der Waals surface area contributed by atoms with Crippen LogP contribution in [0.1, 0.15) is 27.2 Å². The first-order valence-corrected chi connectivity index (χ1v) is 6.29. The second kappa shape index (κ2) is 5.71. The minimum atomic E-state index is 0.413. The number of rotatable bonds is 4. The number of halogens is 2. The molecule has 1 aromatic rings. The maximum atomic E-state index is 6.08. The standard InChI is InChI=1S/C11H16BrClN2/c1-4-10(7(2)3)15-11-9(13)5-8(12)6-14-11/h5-7,10H,4H2,1-3H3,(H,14,15). The van der Waals surface area contributed by atoms with Crippen LogP contribution >= 0.6 is 27.5 Å². The van der Waals surface area contributed by atoms with Gasteiger partial charge in [0.05, 0.1) is 5.02 Å².